The van der Waals surface area contributed by atoms with Gasteiger partial charge in [-0.15, -0.1) is 0 Å². The molecule has 1 aliphatic carbocycles. The number of carbonyl (C=O) groups is 2. The van der Waals surface area contributed by atoms with Crippen molar-refractivity contribution in [3.05, 3.63) is 41.0 Å². The Balaban J connectivity index is 1.67. The molecule has 0 saturated carbocycles. The van der Waals surface area contributed by atoms with Crippen LogP contribution in [0.2, 0.25) is 0 Å². The fourth-order valence-corrected chi connectivity index (χ4v) is 6.03. The number of phenolic OH excluding ortho intramolecular Hbond substituents is 1. The number of aromatic hydroxyl groups is 1. The lowest BCUT2D eigenvalue weighted by Crippen LogP contribution is -2.48. The largest absolute Gasteiger partial charge is 0.502 e. The topological polar surface area (TPSA) is 122 Å². The van der Waals surface area contributed by atoms with Crippen LogP contribution in [0, 0.1) is 17.8 Å². The van der Waals surface area contributed by atoms with E-state index in [-0.39, 0.29) is 61.0 Å². The highest BCUT2D eigenvalue weighted by Crippen LogP contribution is 2.55. The van der Waals surface area contributed by atoms with Gasteiger partial charge in [-0.25, -0.2) is 0 Å². The molecule has 1 unspecified atom stereocenters. The molecule has 0 aromatic heterocycles. The van der Waals surface area contributed by atoms with E-state index >= 15 is 0 Å². The standard InChI is InChI=1S/C29H35NO9/c1-6-36-28(32)19(7-14(2)3)30-26-17-11-21-20(38-13-39-21)10-16(17)24(25-18(26)12-37-29(25)33)15-8-22(34-4)27(31)23(9-15)35-5/h8-11,14,18-19,24-26,30-31H,6-7,12-13H2,1-5H3/t18-,19?,24+,25-,26+/m0/s1. The third-order valence-electron chi connectivity index (χ3n) is 7.71. The average molecular weight is 542 g/mol. The molecule has 2 heterocycles. The van der Waals surface area contributed by atoms with Gasteiger partial charge in [-0.05, 0) is 60.2 Å². The van der Waals surface area contributed by atoms with Crippen LogP contribution in [0.3, 0.4) is 0 Å². The van der Waals surface area contributed by atoms with Crippen LogP contribution < -0.4 is 24.3 Å². The highest BCUT2D eigenvalue weighted by Gasteiger charge is 2.53. The van der Waals surface area contributed by atoms with Crippen LogP contribution in [0.1, 0.15) is 55.8 Å². The number of cyclic esters (lactones) is 1. The summed E-state index contributed by atoms with van der Waals surface area (Å²) in [4.78, 5) is 26.3. The summed E-state index contributed by atoms with van der Waals surface area (Å²) in [6, 6.07) is 6.28. The summed E-state index contributed by atoms with van der Waals surface area (Å²) >= 11 is 0. The third kappa shape index (κ3) is 4.82. The van der Waals surface area contributed by atoms with Gasteiger partial charge in [0, 0.05) is 17.9 Å². The number of ether oxygens (including phenoxy) is 6. The van der Waals surface area contributed by atoms with E-state index in [0.29, 0.717) is 17.9 Å². The highest BCUT2D eigenvalue weighted by atomic mass is 16.7. The molecule has 2 N–H and O–H groups in total. The van der Waals surface area contributed by atoms with E-state index in [1.807, 2.05) is 26.0 Å². The van der Waals surface area contributed by atoms with Gasteiger partial charge in [0.05, 0.1) is 33.4 Å². The Morgan fingerprint density at radius 3 is 2.28 bits per heavy atom. The zero-order valence-corrected chi connectivity index (χ0v) is 22.8. The van der Waals surface area contributed by atoms with Crippen molar-refractivity contribution in [1.82, 2.24) is 5.32 Å². The summed E-state index contributed by atoms with van der Waals surface area (Å²) in [6.45, 7) is 6.44. The Morgan fingerprint density at radius 1 is 1.05 bits per heavy atom. The van der Waals surface area contributed by atoms with E-state index in [4.69, 9.17) is 28.4 Å². The van der Waals surface area contributed by atoms with Crippen molar-refractivity contribution in [3.8, 4) is 28.7 Å². The Bertz CT molecular complexity index is 1230. The second-order valence-corrected chi connectivity index (χ2v) is 10.5. The normalized spacial score (nSPS) is 23.6. The number of rotatable bonds is 9. The number of methoxy groups -OCH3 is 2. The first-order chi connectivity index (χ1) is 18.8. The number of phenols is 1. The quantitative estimate of drug-likeness (QED) is 0.455. The molecule has 210 valence electrons. The molecule has 2 aliphatic heterocycles. The first kappa shape index (κ1) is 26.9. The summed E-state index contributed by atoms with van der Waals surface area (Å²) in [7, 11) is 2.92. The minimum Gasteiger partial charge on any atom is -0.502 e. The van der Waals surface area contributed by atoms with Crippen LogP contribution in [0.4, 0.5) is 0 Å². The monoisotopic (exact) mass is 541 g/mol. The summed E-state index contributed by atoms with van der Waals surface area (Å²) in [5.74, 6) is -0.236. The predicted octanol–water partition coefficient (Wildman–Crippen LogP) is 3.68. The molecule has 1 saturated heterocycles. The second-order valence-electron chi connectivity index (χ2n) is 10.5. The smallest absolute Gasteiger partial charge is 0.323 e. The average Bonchev–Trinajstić information content (AvgIpc) is 3.53. The molecular weight excluding hydrogens is 506 g/mol. The van der Waals surface area contributed by atoms with Crippen molar-refractivity contribution in [2.24, 2.45) is 17.8 Å². The van der Waals surface area contributed by atoms with Crippen LogP contribution in [-0.2, 0) is 19.1 Å². The minimum absolute atomic E-state index is 0.0928. The van der Waals surface area contributed by atoms with Crippen molar-refractivity contribution in [2.45, 2.75) is 45.2 Å². The molecule has 3 aliphatic rings. The molecule has 0 radical (unpaired) electrons. The molecule has 5 atom stereocenters. The first-order valence-electron chi connectivity index (χ1n) is 13.2. The molecule has 2 aromatic carbocycles. The SMILES string of the molecule is CCOC(=O)C(CC(C)C)N[C@@H]1c2cc3c(cc2[C@@H](c2cc(OC)c(O)c(OC)c2)[C@H]2C(=O)OC[C@@H]21)OCO3. The van der Waals surface area contributed by atoms with Gasteiger partial charge in [0.1, 0.15) is 6.04 Å². The Kier molecular flexibility index (Phi) is 7.48. The van der Waals surface area contributed by atoms with Gasteiger partial charge in [0.15, 0.2) is 23.0 Å². The summed E-state index contributed by atoms with van der Waals surface area (Å²) < 4.78 is 33.3. The maximum Gasteiger partial charge on any atom is 0.323 e. The number of hydrogen-bond acceptors (Lipinski definition) is 10. The van der Waals surface area contributed by atoms with Crippen molar-refractivity contribution in [1.29, 1.82) is 0 Å². The molecule has 0 bridgehead atoms. The number of esters is 2. The summed E-state index contributed by atoms with van der Waals surface area (Å²) in [5, 5.41) is 14.1. The van der Waals surface area contributed by atoms with Gasteiger partial charge in [-0.3, -0.25) is 14.9 Å². The van der Waals surface area contributed by atoms with Crippen LogP contribution in [0.25, 0.3) is 0 Å². The zero-order valence-electron chi connectivity index (χ0n) is 22.8. The lowest BCUT2D eigenvalue weighted by molar-refractivity contribution is -0.146. The number of nitrogens with one attached hydrogen (secondary N) is 1. The van der Waals surface area contributed by atoms with E-state index in [1.165, 1.54) is 14.2 Å². The molecule has 39 heavy (non-hydrogen) atoms. The fourth-order valence-electron chi connectivity index (χ4n) is 6.03. The molecular formula is C29H35NO9. The van der Waals surface area contributed by atoms with Gasteiger partial charge in [-0.1, -0.05) is 13.8 Å². The fraction of sp³-hybridized carbons (Fsp3) is 0.517. The Labute approximate surface area is 227 Å². The van der Waals surface area contributed by atoms with Gasteiger partial charge in [-0.2, -0.15) is 0 Å². The van der Waals surface area contributed by atoms with Crippen LogP contribution in [-0.4, -0.2) is 57.3 Å². The number of benzene rings is 2. The summed E-state index contributed by atoms with van der Waals surface area (Å²) in [5.41, 5.74) is 2.43. The lowest BCUT2D eigenvalue weighted by Gasteiger charge is -2.41. The summed E-state index contributed by atoms with van der Waals surface area (Å²) in [6.07, 6.45) is 0.567. The lowest BCUT2D eigenvalue weighted by atomic mass is 9.65. The van der Waals surface area contributed by atoms with E-state index in [0.717, 1.165) is 16.7 Å². The van der Waals surface area contributed by atoms with Crippen LogP contribution in [0.5, 0.6) is 28.7 Å². The van der Waals surface area contributed by atoms with Crippen molar-refractivity contribution in [3.63, 3.8) is 0 Å². The van der Waals surface area contributed by atoms with Gasteiger partial charge >= 0.3 is 11.9 Å². The number of hydrogen-bond donors (Lipinski definition) is 2. The van der Waals surface area contributed by atoms with E-state index in [1.54, 1.807) is 19.1 Å². The first-order valence-corrected chi connectivity index (χ1v) is 13.2. The molecule has 0 amide bonds. The molecule has 2 aromatic rings. The van der Waals surface area contributed by atoms with Gasteiger partial charge in [0.2, 0.25) is 12.5 Å². The van der Waals surface area contributed by atoms with E-state index < -0.39 is 23.9 Å². The molecule has 1 fully saturated rings. The molecule has 5 rings (SSSR count). The maximum atomic E-state index is 13.3. The maximum absolute atomic E-state index is 13.3. The van der Waals surface area contributed by atoms with Crippen molar-refractivity contribution < 1.29 is 43.1 Å². The minimum atomic E-state index is -0.574. The van der Waals surface area contributed by atoms with Gasteiger partial charge < -0.3 is 33.5 Å². The third-order valence-corrected chi connectivity index (χ3v) is 7.71. The molecule has 10 nitrogen and oxygen atoms in total. The number of fused-ring (bicyclic) bond motifs is 3. The molecule has 10 heteroatoms. The zero-order chi connectivity index (χ0) is 27.8. The predicted molar refractivity (Wildman–Crippen MR) is 139 cm³/mol. The molecule has 0 spiro atoms. The van der Waals surface area contributed by atoms with Crippen molar-refractivity contribution in [2.75, 3.05) is 34.2 Å². The van der Waals surface area contributed by atoms with Crippen LogP contribution in [0.15, 0.2) is 24.3 Å². The van der Waals surface area contributed by atoms with Gasteiger partial charge in [0.25, 0.3) is 0 Å². The van der Waals surface area contributed by atoms with E-state index in [9.17, 15) is 14.7 Å². The van der Waals surface area contributed by atoms with Crippen LogP contribution >= 0.6 is 0 Å². The Morgan fingerprint density at radius 2 is 1.69 bits per heavy atom. The number of carbonyl (C=O) groups excluding carboxylic acids is 2. The Hall–Kier alpha value is -3.66. The van der Waals surface area contributed by atoms with E-state index in [2.05, 4.69) is 5.32 Å². The van der Waals surface area contributed by atoms with Crippen molar-refractivity contribution >= 4 is 11.9 Å². The second kappa shape index (κ2) is 10.8. The highest BCUT2D eigenvalue weighted by molar-refractivity contribution is 5.79.